The van der Waals surface area contributed by atoms with Gasteiger partial charge in [-0.05, 0) is 24.3 Å². The largest absolute Gasteiger partial charge is 0.478 e. The number of aromatic carboxylic acids is 1. The Labute approximate surface area is 113 Å². The predicted molar refractivity (Wildman–Crippen MR) is 68.4 cm³/mol. The zero-order chi connectivity index (χ0) is 13.8. The summed E-state index contributed by atoms with van der Waals surface area (Å²) in [5, 5.41) is 18.6. The molecule has 0 aliphatic rings. The molecule has 0 saturated carbocycles. The summed E-state index contributed by atoms with van der Waals surface area (Å²) >= 11 is 5.80. The van der Waals surface area contributed by atoms with Crippen LogP contribution in [0.4, 0.5) is 5.69 Å². The molecule has 0 radical (unpaired) electrons. The Morgan fingerprint density at radius 2 is 2.00 bits per heavy atom. The highest BCUT2D eigenvalue weighted by molar-refractivity contribution is 6.33. The van der Waals surface area contributed by atoms with Crippen LogP contribution in [-0.4, -0.2) is 27.2 Å². The second kappa shape index (κ2) is 5.45. The van der Waals surface area contributed by atoms with Gasteiger partial charge in [-0.2, -0.15) is 10.2 Å². The number of carboxylic acid groups (broad SMARTS) is 1. The van der Waals surface area contributed by atoms with Crippen LogP contribution in [0.3, 0.4) is 0 Å². The van der Waals surface area contributed by atoms with Crippen LogP contribution < -0.4 is 5.32 Å². The average Bonchev–Trinajstić information content (AvgIpc) is 2.39. The molecule has 0 atom stereocenters. The lowest BCUT2D eigenvalue weighted by Crippen LogP contribution is -2.12. The average molecular weight is 278 g/mol. The van der Waals surface area contributed by atoms with Crippen LogP contribution in [0.25, 0.3) is 0 Å². The van der Waals surface area contributed by atoms with Gasteiger partial charge in [-0.3, -0.25) is 4.79 Å². The van der Waals surface area contributed by atoms with Gasteiger partial charge in [-0.15, -0.1) is 0 Å². The smallest absolute Gasteiger partial charge is 0.337 e. The minimum absolute atomic E-state index is 0.0229. The van der Waals surface area contributed by atoms with Gasteiger partial charge in [0.25, 0.3) is 5.91 Å². The number of benzene rings is 1. The topological polar surface area (TPSA) is 92.2 Å². The van der Waals surface area contributed by atoms with Crippen molar-refractivity contribution in [2.45, 2.75) is 0 Å². The molecule has 19 heavy (non-hydrogen) atoms. The predicted octanol–water partition coefficient (Wildman–Crippen LogP) is 2.08. The summed E-state index contributed by atoms with van der Waals surface area (Å²) in [6.07, 6.45) is 2.72. The van der Waals surface area contributed by atoms with E-state index in [0.29, 0.717) is 11.3 Å². The van der Waals surface area contributed by atoms with Gasteiger partial charge in [0, 0.05) is 5.69 Å². The molecular formula is C12H8ClN3O3. The fourth-order valence-corrected chi connectivity index (χ4v) is 1.66. The maximum absolute atomic E-state index is 11.8. The summed E-state index contributed by atoms with van der Waals surface area (Å²) in [5.41, 5.74) is 0.718. The highest BCUT2D eigenvalue weighted by atomic mass is 35.5. The minimum Gasteiger partial charge on any atom is -0.478 e. The van der Waals surface area contributed by atoms with Gasteiger partial charge in [0.15, 0.2) is 0 Å². The molecule has 0 bridgehead atoms. The first-order valence-electron chi connectivity index (χ1n) is 5.19. The van der Waals surface area contributed by atoms with Crippen molar-refractivity contribution in [3.8, 4) is 0 Å². The number of hydrogen-bond donors (Lipinski definition) is 2. The normalized spacial score (nSPS) is 9.95. The molecule has 1 amide bonds. The zero-order valence-corrected chi connectivity index (χ0v) is 10.3. The van der Waals surface area contributed by atoms with Gasteiger partial charge in [0.05, 0.1) is 28.5 Å². The second-order valence-electron chi connectivity index (χ2n) is 3.59. The van der Waals surface area contributed by atoms with E-state index in [0.717, 1.165) is 0 Å². The van der Waals surface area contributed by atoms with E-state index < -0.39 is 5.97 Å². The fraction of sp³-hybridized carbons (Fsp3) is 0. The van der Waals surface area contributed by atoms with Crippen molar-refractivity contribution < 1.29 is 14.7 Å². The van der Waals surface area contributed by atoms with Gasteiger partial charge < -0.3 is 10.4 Å². The Bertz CT molecular complexity index is 631. The number of carbonyl (C=O) groups excluding carboxylic acids is 1. The maximum Gasteiger partial charge on any atom is 0.337 e. The van der Waals surface area contributed by atoms with E-state index in [4.69, 9.17) is 16.7 Å². The number of aromatic nitrogens is 2. The van der Waals surface area contributed by atoms with Crippen LogP contribution in [0.2, 0.25) is 5.02 Å². The van der Waals surface area contributed by atoms with Crippen molar-refractivity contribution in [3.63, 3.8) is 0 Å². The standard InChI is InChI=1S/C12H8ClN3O3/c13-10-5-8(1-2-9(10)12(18)19)16-11(17)7-3-4-14-15-6-7/h1-6H,(H,16,17)(H,18,19). The molecular weight excluding hydrogens is 270 g/mol. The third kappa shape index (κ3) is 3.05. The molecule has 0 unspecified atom stereocenters. The molecule has 7 heteroatoms. The van der Waals surface area contributed by atoms with Gasteiger partial charge in [0.2, 0.25) is 0 Å². The molecule has 0 aliphatic heterocycles. The van der Waals surface area contributed by atoms with E-state index in [1.165, 1.54) is 36.7 Å². The Morgan fingerprint density at radius 1 is 1.21 bits per heavy atom. The molecule has 1 aromatic carbocycles. The summed E-state index contributed by atoms with van der Waals surface area (Å²) in [5.74, 6) is -1.50. The number of halogens is 1. The molecule has 0 saturated heterocycles. The second-order valence-corrected chi connectivity index (χ2v) is 3.99. The summed E-state index contributed by atoms with van der Waals surface area (Å²) < 4.78 is 0. The number of nitrogens with one attached hydrogen (secondary N) is 1. The van der Waals surface area contributed by atoms with E-state index >= 15 is 0 Å². The van der Waals surface area contributed by atoms with Gasteiger partial charge in [0.1, 0.15) is 0 Å². The SMILES string of the molecule is O=C(Nc1ccc(C(=O)O)c(Cl)c1)c1ccnnc1. The van der Waals surface area contributed by atoms with Crippen molar-refractivity contribution in [1.82, 2.24) is 10.2 Å². The molecule has 1 aromatic heterocycles. The molecule has 2 aromatic rings. The van der Waals surface area contributed by atoms with Crippen LogP contribution >= 0.6 is 11.6 Å². The van der Waals surface area contributed by atoms with Crippen LogP contribution in [0.15, 0.2) is 36.7 Å². The van der Waals surface area contributed by atoms with Crippen LogP contribution in [-0.2, 0) is 0 Å². The number of carboxylic acids is 1. The summed E-state index contributed by atoms with van der Waals surface area (Å²) in [4.78, 5) is 22.6. The zero-order valence-electron chi connectivity index (χ0n) is 9.50. The molecule has 96 valence electrons. The molecule has 2 N–H and O–H groups in total. The third-order valence-electron chi connectivity index (χ3n) is 2.30. The Morgan fingerprint density at radius 3 is 2.58 bits per heavy atom. The number of amides is 1. The van der Waals surface area contributed by atoms with Gasteiger partial charge in [-0.25, -0.2) is 4.79 Å². The number of anilines is 1. The third-order valence-corrected chi connectivity index (χ3v) is 2.62. The minimum atomic E-state index is -1.12. The summed E-state index contributed by atoms with van der Waals surface area (Å²) in [6, 6.07) is 5.67. The number of rotatable bonds is 3. The van der Waals surface area contributed by atoms with E-state index in [1.54, 1.807) is 0 Å². The van der Waals surface area contributed by atoms with Crippen LogP contribution in [0.5, 0.6) is 0 Å². The van der Waals surface area contributed by atoms with Crippen LogP contribution in [0, 0.1) is 0 Å². The summed E-state index contributed by atoms with van der Waals surface area (Å²) in [6.45, 7) is 0. The van der Waals surface area contributed by atoms with E-state index in [9.17, 15) is 9.59 Å². The van der Waals surface area contributed by atoms with Crippen molar-refractivity contribution in [2.75, 3.05) is 5.32 Å². The lowest BCUT2D eigenvalue weighted by atomic mass is 10.2. The summed E-state index contributed by atoms with van der Waals surface area (Å²) in [7, 11) is 0. The van der Waals surface area contributed by atoms with E-state index in [-0.39, 0.29) is 16.5 Å². The van der Waals surface area contributed by atoms with Crippen molar-refractivity contribution >= 4 is 29.2 Å². The van der Waals surface area contributed by atoms with E-state index in [2.05, 4.69) is 15.5 Å². The first-order valence-corrected chi connectivity index (χ1v) is 5.56. The molecule has 1 heterocycles. The first-order chi connectivity index (χ1) is 9.08. The van der Waals surface area contributed by atoms with Gasteiger partial charge >= 0.3 is 5.97 Å². The van der Waals surface area contributed by atoms with Crippen molar-refractivity contribution in [1.29, 1.82) is 0 Å². The number of carbonyl (C=O) groups is 2. The molecule has 0 fully saturated rings. The molecule has 0 aliphatic carbocycles. The Hall–Kier alpha value is -2.47. The lowest BCUT2D eigenvalue weighted by molar-refractivity contribution is 0.0697. The quantitative estimate of drug-likeness (QED) is 0.896. The highest BCUT2D eigenvalue weighted by Gasteiger charge is 2.11. The highest BCUT2D eigenvalue weighted by Crippen LogP contribution is 2.21. The number of hydrogen-bond acceptors (Lipinski definition) is 4. The van der Waals surface area contributed by atoms with Gasteiger partial charge in [-0.1, -0.05) is 11.6 Å². The van der Waals surface area contributed by atoms with E-state index in [1.807, 2.05) is 0 Å². The van der Waals surface area contributed by atoms with Crippen molar-refractivity contribution in [3.05, 3.63) is 52.8 Å². The Balaban J connectivity index is 2.19. The first kappa shape index (κ1) is 13.0. The molecule has 6 nitrogen and oxygen atoms in total. The van der Waals surface area contributed by atoms with Crippen LogP contribution in [0.1, 0.15) is 20.7 Å². The lowest BCUT2D eigenvalue weighted by Gasteiger charge is -2.06. The molecule has 0 spiro atoms. The monoisotopic (exact) mass is 277 g/mol. The Kier molecular flexibility index (Phi) is 3.72. The fourth-order valence-electron chi connectivity index (χ4n) is 1.39. The maximum atomic E-state index is 11.8. The molecule has 2 rings (SSSR count). The number of nitrogens with zero attached hydrogens (tertiary/aromatic N) is 2. The van der Waals surface area contributed by atoms with Crippen molar-refractivity contribution in [2.24, 2.45) is 0 Å².